The van der Waals surface area contributed by atoms with Gasteiger partial charge in [0.25, 0.3) is 5.91 Å². The Hall–Kier alpha value is -2.50. The minimum Gasteiger partial charge on any atom is -0.452 e. The van der Waals surface area contributed by atoms with Gasteiger partial charge in [-0.3, -0.25) is 4.79 Å². The Balaban J connectivity index is 1.19. The van der Waals surface area contributed by atoms with Crippen LogP contribution in [0.2, 0.25) is 0 Å². The highest BCUT2D eigenvalue weighted by Crippen LogP contribution is 2.61. The molecule has 4 saturated carbocycles. The zero-order chi connectivity index (χ0) is 21.8. The fourth-order valence-corrected chi connectivity index (χ4v) is 6.72. The van der Waals surface area contributed by atoms with E-state index in [1.165, 1.54) is 38.5 Å². The largest absolute Gasteiger partial charge is 0.452 e. The van der Waals surface area contributed by atoms with Crippen LogP contribution in [0.25, 0.3) is 11.0 Å². The molecule has 1 amide bonds. The van der Waals surface area contributed by atoms with Gasteiger partial charge >= 0.3 is 5.97 Å². The number of nitrogens with one attached hydrogen (secondary N) is 1. The van der Waals surface area contributed by atoms with Crippen molar-refractivity contribution in [1.29, 1.82) is 0 Å². The molecule has 4 aliphatic carbocycles. The minimum atomic E-state index is -0.514. The number of aromatic nitrogens is 2. The zero-order valence-corrected chi connectivity index (χ0v) is 18.6. The van der Waals surface area contributed by atoms with Gasteiger partial charge in [0, 0.05) is 6.04 Å². The number of carbonyl (C=O) groups excluding carboxylic acids is 2. The third-order valence-corrected chi connectivity index (χ3v) is 8.03. The molecule has 4 fully saturated rings. The number of ether oxygens (including phenoxy) is 1. The second-order valence-electron chi connectivity index (χ2n) is 10.2. The number of aryl methyl sites for hydroxylation is 2. The first-order chi connectivity index (χ1) is 14.8. The van der Waals surface area contributed by atoms with Crippen LogP contribution in [0.3, 0.4) is 0 Å². The maximum absolute atomic E-state index is 12.6. The van der Waals surface area contributed by atoms with Crippen molar-refractivity contribution < 1.29 is 14.3 Å². The van der Waals surface area contributed by atoms with E-state index in [-0.39, 0.29) is 24.0 Å². The summed E-state index contributed by atoms with van der Waals surface area (Å²) in [5, 5.41) is 3.15. The Kier molecular flexibility index (Phi) is 4.98. The summed E-state index contributed by atoms with van der Waals surface area (Å²) in [6, 6.07) is 5.23. The molecule has 6 rings (SSSR count). The maximum Gasteiger partial charge on any atom is 0.338 e. The van der Waals surface area contributed by atoms with Gasteiger partial charge in [-0.25, -0.2) is 14.8 Å². The molecule has 2 aromatic rings. The SMILES string of the molecule is Cc1nc2ccc(C(=O)OCC(=O)NC(C)C34CC5CC(CC(C5)C3)C4)cc2nc1C. The van der Waals surface area contributed by atoms with Crippen molar-refractivity contribution in [2.75, 3.05) is 6.61 Å². The third-order valence-electron chi connectivity index (χ3n) is 8.03. The summed E-state index contributed by atoms with van der Waals surface area (Å²) < 4.78 is 5.31. The fraction of sp³-hybridized carbons (Fsp3) is 0.600. The zero-order valence-electron chi connectivity index (χ0n) is 18.6. The van der Waals surface area contributed by atoms with Gasteiger partial charge in [0.15, 0.2) is 6.61 Å². The van der Waals surface area contributed by atoms with E-state index >= 15 is 0 Å². The van der Waals surface area contributed by atoms with E-state index in [9.17, 15) is 9.59 Å². The molecule has 1 aromatic heterocycles. The van der Waals surface area contributed by atoms with Crippen molar-refractivity contribution in [2.24, 2.45) is 23.2 Å². The van der Waals surface area contributed by atoms with Crippen molar-refractivity contribution in [1.82, 2.24) is 15.3 Å². The molecule has 0 radical (unpaired) electrons. The molecule has 1 unspecified atom stereocenters. The predicted octanol–water partition coefficient (Wildman–Crippen LogP) is 4.12. The number of rotatable bonds is 5. The second-order valence-corrected chi connectivity index (χ2v) is 10.2. The first-order valence-corrected chi connectivity index (χ1v) is 11.5. The topological polar surface area (TPSA) is 81.2 Å². The molecular formula is C25H31N3O3. The lowest BCUT2D eigenvalue weighted by molar-refractivity contribution is -0.128. The van der Waals surface area contributed by atoms with Gasteiger partial charge in [0.1, 0.15) is 0 Å². The predicted molar refractivity (Wildman–Crippen MR) is 118 cm³/mol. The summed E-state index contributed by atoms with van der Waals surface area (Å²) in [6.07, 6.45) is 7.85. The number of hydrogen-bond acceptors (Lipinski definition) is 5. The van der Waals surface area contributed by atoms with Gasteiger partial charge in [-0.2, -0.15) is 0 Å². The quantitative estimate of drug-likeness (QED) is 0.735. The molecule has 0 spiro atoms. The molecular weight excluding hydrogens is 390 g/mol. The molecule has 0 aliphatic heterocycles. The van der Waals surface area contributed by atoms with E-state index in [0.29, 0.717) is 11.1 Å². The summed E-state index contributed by atoms with van der Waals surface area (Å²) in [4.78, 5) is 34.0. The first-order valence-electron chi connectivity index (χ1n) is 11.5. The molecule has 1 heterocycles. The van der Waals surface area contributed by atoms with Gasteiger partial charge in [0.2, 0.25) is 0 Å². The number of esters is 1. The van der Waals surface area contributed by atoms with Gasteiger partial charge in [-0.15, -0.1) is 0 Å². The van der Waals surface area contributed by atoms with Crippen LogP contribution in [-0.2, 0) is 9.53 Å². The maximum atomic E-state index is 12.6. The number of carbonyl (C=O) groups is 2. The number of benzene rings is 1. The highest BCUT2D eigenvalue weighted by molar-refractivity contribution is 5.94. The lowest BCUT2D eigenvalue weighted by atomic mass is 9.48. The molecule has 0 saturated heterocycles. The molecule has 4 aliphatic rings. The lowest BCUT2D eigenvalue weighted by Gasteiger charge is -2.59. The summed E-state index contributed by atoms with van der Waals surface area (Å²) in [5.41, 5.74) is 3.71. The van der Waals surface area contributed by atoms with E-state index in [4.69, 9.17) is 4.74 Å². The second kappa shape index (κ2) is 7.57. The molecule has 31 heavy (non-hydrogen) atoms. The van der Waals surface area contributed by atoms with Crippen molar-refractivity contribution in [3.63, 3.8) is 0 Å². The van der Waals surface area contributed by atoms with Gasteiger partial charge < -0.3 is 10.1 Å². The number of fused-ring (bicyclic) bond motifs is 1. The molecule has 1 N–H and O–H groups in total. The van der Waals surface area contributed by atoms with E-state index in [2.05, 4.69) is 22.2 Å². The lowest BCUT2D eigenvalue weighted by Crippen LogP contribution is -2.56. The summed E-state index contributed by atoms with van der Waals surface area (Å²) in [5.74, 6) is 1.79. The monoisotopic (exact) mass is 421 g/mol. The Bertz CT molecular complexity index is 1010. The van der Waals surface area contributed by atoms with Crippen LogP contribution >= 0.6 is 0 Å². The van der Waals surface area contributed by atoms with Crippen LogP contribution in [-0.4, -0.2) is 34.5 Å². The normalized spacial score (nSPS) is 29.7. The van der Waals surface area contributed by atoms with Crippen LogP contribution in [0.4, 0.5) is 0 Å². The van der Waals surface area contributed by atoms with E-state index < -0.39 is 5.97 Å². The highest BCUT2D eigenvalue weighted by Gasteiger charge is 2.53. The standard InChI is InChI=1S/C25H31N3O3/c1-14-15(2)27-22-9-20(4-5-21(22)26-14)24(30)31-13-23(29)28-16(3)25-10-17-6-18(11-25)8-19(7-17)12-25/h4-5,9,16-19H,6-8,10-13H2,1-3H3,(H,28,29). The van der Waals surface area contributed by atoms with E-state index in [1.54, 1.807) is 18.2 Å². The van der Waals surface area contributed by atoms with Crippen LogP contribution in [0.15, 0.2) is 18.2 Å². The van der Waals surface area contributed by atoms with Crippen LogP contribution in [0, 0.1) is 37.0 Å². The fourth-order valence-electron chi connectivity index (χ4n) is 6.72. The van der Waals surface area contributed by atoms with Crippen LogP contribution in [0.5, 0.6) is 0 Å². The summed E-state index contributed by atoms with van der Waals surface area (Å²) >= 11 is 0. The van der Waals surface area contributed by atoms with E-state index in [1.807, 2.05) is 13.8 Å². The van der Waals surface area contributed by atoms with Crippen LogP contribution < -0.4 is 5.32 Å². The van der Waals surface area contributed by atoms with Crippen molar-refractivity contribution >= 4 is 22.9 Å². The smallest absolute Gasteiger partial charge is 0.338 e. The average Bonchev–Trinajstić information content (AvgIpc) is 2.71. The molecule has 164 valence electrons. The molecule has 1 aromatic carbocycles. The van der Waals surface area contributed by atoms with Crippen molar-refractivity contribution in [3.05, 3.63) is 35.2 Å². The minimum absolute atomic E-state index is 0.120. The molecule has 6 nitrogen and oxygen atoms in total. The number of hydrogen-bond donors (Lipinski definition) is 1. The molecule has 6 heteroatoms. The Labute approximate surface area is 183 Å². The van der Waals surface area contributed by atoms with Crippen molar-refractivity contribution in [2.45, 2.75) is 65.3 Å². The Morgan fingerprint density at radius 1 is 1.03 bits per heavy atom. The van der Waals surface area contributed by atoms with E-state index in [0.717, 1.165) is 34.7 Å². The molecule has 1 atom stereocenters. The van der Waals surface area contributed by atoms with Gasteiger partial charge in [0.05, 0.1) is 28.0 Å². The highest BCUT2D eigenvalue weighted by atomic mass is 16.5. The van der Waals surface area contributed by atoms with Crippen molar-refractivity contribution in [3.8, 4) is 0 Å². The van der Waals surface area contributed by atoms with Gasteiger partial charge in [-0.1, -0.05) is 0 Å². The number of amides is 1. The van der Waals surface area contributed by atoms with Gasteiger partial charge in [-0.05, 0) is 101 Å². The third kappa shape index (κ3) is 3.81. The average molecular weight is 422 g/mol. The number of nitrogens with zero attached hydrogens (tertiary/aromatic N) is 2. The summed E-state index contributed by atoms with van der Waals surface area (Å²) in [6.45, 7) is 5.68. The molecule has 4 bridgehead atoms. The summed E-state index contributed by atoms with van der Waals surface area (Å²) in [7, 11) is 0. The first kappa shape index (κ1) is 20.4. The Morgan fingerprint density at radius 2 is 1.61 bits per heavy atom. The van der Waals surface area contributed by atoms with Crippen LogP contribution in [0.1, 0.15) is 67.2 Å². The Morgan fingerprint density at radius 3 is 2.23 bits per heavy atom.